The molecule has 0 atom stereocenters. The molecule has 0 amide bonds. The maximum absolute atomic E-state index is 12.2. The minimum atomic E-state index is -0.546. The average molecular weight is 356 g/mol. The number of esters is 1. The summed E-state index contributed by atoms with van der Waals surface area (Å²) in [6.45, 7) is 3.95. The zero-order valence-corrected chi connectivity index (χ0v) is 15.2. The number of carbonyl (C=O) groups excluding carboxylic acids is 1. The third kappa shape index (κ3) is 3.74. The minimum absolute atomic E-state index is 0.0714. The predicted molar refractivity (Wildman–Crippen MR) is 102 cm³/mol. The summed E-state index contributed by atoms with van der Waals surface area (Å²) in [4.78, 5) is 29.5. The number of hydrogen-bond donors (Lipinski definition) is 1. The normalized spacial score (nSPS) is 15.2. The van der Waals surface area contributed by atoms with Crippen molar-refractivity contribution in [1.82, 2.24) is 4.98 Å². The van der Waals surface area contributed by atoms with Gasteiger partial charge in [0.25, 0.3) is 0 Å². The summed E-state index contributed by atoms with van der Waals surface area (Å²) in [5.74, 6) is -0.474. The number of carbonyl (C=O) groups is 1. The molecule has 0 unspecified atom stereocenters. The molecule has 0 bridgehead atoms. The third-order valence-electron chi connectivity index (χ3n) is 4.57. The number of nitrogens with one attached hydrogen (secondary N) is 1. The molecule has 2 aromatic rings. The fourth-order valence-electron chi connectivity index (χ4n) is 3.35. The van der Waals surface area contributed by atoms with Crippen LogP contribution in [0.15, 0.2) is 34.8 Å². The standard InChI is InChI=1S/C20H24N2O4/c1-3-26-20(24)17(25-2)12-14-13-18(23)21-19-15(14)8-7-9-16(19)22-10-5-4-6-11-22/h7-9,12-13H,3-6,10-11H2,1-2H3,(H,21,23)/b17-12-. The van der Waals surface area contributed by atoms with E-state index in [1.165, 1.54) is 19.6 Å². The third-order valence-corrected chi connectivity index (χ3v) is 4.57. The maximum atomic E-state index is 12.2. The molecule has 1 N–H and O–H groups in total. The summed E-state index contributed by atoms with van der Waals surface area (Å²) in [6, 6.07) is 7.40. The minimum Gasteiger partial charge on any atom is -0.490 e. The summed E-state index contributed by atoms with van der Waals surface area (Å²) in [5, 5.41) is 0.867. The van der Waals surface area contributed by atoms with Gasteiger partial charge >= 0.3 is 5.97 Å². The summed E-state index contributed by atoms with van der Waals surface area (Å²) in [5.41, 5.74) is 2.22. The summed E-state index contributed by atoms with van der Waals surface area (Å²) in [6.07, 6.45) is 5.10. The second-order valence-electron chi connectivity index (χ2n) is 6.27. The molecule has 1 aliphatic rings. The van der Waals surface area contributed by atoms with Crippen LogP contribution in [-0.4, -0.2) is 37.8 Å². The molecular formula is C20H24N2O4. The number of aromatic nitrogens is 1. The first kappa shape index (κ1) is 18.0. The SMILES string of the molecule is CCOC(=O)/C(=C/c1cc(=O)[nH]c2c(N3CCCCC3)cccc12)OC. The highest BCUT2D eigenvalue weighted by Crippen LogP contribution is 2.29. The van der Waals surface area contributed by atoms with Crippen LogP contribution in [0, 0.1) is 0 Å². The molecular weight excluding hydrogens is 332 g/mol. The number of para-hydroxylation sites is 1. The van der Waals surface area contributed by atoms with E-state index in [1.807, 2.05) is 18.2 Å². The molecule has 1 aromatic carbocycles. The van der Waals surface area contributed by atoms with Gasteiger partial charge in [-0.25, -0.2) is 4.79 Å². The lowest BCUT2D eigenvalue weighted by molar-refractivity contribution is -0.141. The van der Waals surface area contributed by atoms with E-state index in [9.17, 15) is 9.59 Å². The Balaban J connectivity index is 2.12. The Bertz CT molecular complexity index is 879. The van der Waals surface area contributed by atoms with E-state index in [1.54, 1.807) is 13.0 Å². The smallest absolute Gasteiger partial charge is 0.373 e. The molecule has 2 heterocycles. The van der Waals surface area contributed by atoms with Crippen LogP contribution in [0.2, 0.25) is 0 Å². The molecule has 26 heavy (non-hydrogen) atoms. The van der Waals surface area contributed by atoms with Gasteiger partial charge in [-0.1, -0.05) is 12.1 Å². The summed E-state index contributed by atoms with van der Waals surface area (Å²) < 4.78 is 10.2. The van der Waals surface area contributed by atoms with Crippen LogP contribution in [0.1, 0.15) is 31.7 Å². The Labute approximate surface area is 152 Å². The number of aromatic amines is 1. The fraction of sp³-hybridized carbons (Fsp3) is 0.400. The van der Waals surface area contributed by atoms with E-state index in [-0.39, 0.29) is 17.9 Å². The van der Waals surface area contributed by atoms with Crippen molar-refractivity contribution >= 4 is 28.6 Å². The average Bonchev–Trinajstić information content (AvgIpc) is 2.66. The van der Waals surface area contributed by atoms with E-state index >= 15 is 0 Å². The van der Waals surface area contributed by atoms with Crippen LogP contribution in [-0.2, 0) is 14.3 Å². The lowest BCUT2D eigenvalue weighted by atomic mass is 10.0. The van der Waals surface area contributed by atoms with E-state index < -0.39 is 5.97 Å². The number of benzene rings is 1. The quantitative estimate of drug-likeness (QED) is 0.506. The largest absolute Gasteiger partial charge is 0.490 e. The second kappa shape index (κ2) is 8.08. The molecule has 0 spiro atoms. The van der Waals surface area contributed by atoms with Crippen molar-refractivity contribution in [3.05, 3.63) is 45.9 Å². The number of fused-ring (bicyclic) bond motifs is 1. The van der Waals surface area contributed by atoms with Gasteiger partial charge in [0, 0.05) is 24.5 Å². The van der Waals surface area contributed by atoms with Gasteiger partial charge < -0.3 is 19.4 Å². The van der Waals surface area contributed by atoms with E-state index in [0.29, 0.717) is 5.56 Å². The number of methoxy groups -OCH3 is 1. The van der Waals surface area contributed by atoms with Crippen LogP contribution in [0.5, 0.6) is 0 Å². The maximum Gasteiger partial charge on any atom is 0.373 e. The first-order chi connectivity index (χ1) is 12.6. The van der Waals surface area contributed by atoms with E-state index in [4.69, 9.17) is 9.47 Å². The zero-order valence-electron chi connectivity index (χ0n) is 15.2. The van der Waals surface area contributed by atoms with Crippen molar-refractivity contribution in [3.8, 4) is 0 Å². The molecule has 3 rings (SSSR count). The van der Waals surface area contributed by atoms with Crippen molar-refractivity contribution in [2.45, 2.75) is 26.2 Å². The first-order valence-corrected chi connectivity index (χ1v) is 8.98. The Morgan fingerprint density at radius 1 is 1.27 bits per heavy atom. The number of pyridine rings is 1. The molecule has 1 fully saturated rings. The van der Waals surface area contributed by atoms with Crippen molar-refractivity contribution in [2.24, 2.45) is 0 Å². The van der Waals surface area contributed by atoms with E-state index in [0.717, 1.165) is 42.5 Å². The Hall–Kier alpha value is -2.76. The first-order valence-electron chi connectivity index (χ1n) is 8.98. The molecule has 6 heteroatoms. The van der Waals surface area contributed by atoms with Gasteiger partial charge in [0.1, 0.15) is 0 Å². The molecule has 6 nitrogen and oxygen atoms in total. The second-order valence-corrected chi connectivity index (χ2v) is 6.27. The van der Waals surface area contributed by atoms with Crippen molar-refractivity contribution in [2.75, 3.05) is 31.7 Å². The van der Waals surface area contributed by atoms with Crippen molar-refractivity contribution < 1.29 is 14.3 Å². The number of piperidine rings is 1. The van der Waals surface area contributed by atoms with Gasteiger partial charge in [-0.3, -0.25) is 4.79 Å². The van der Waals surface area contributed by atoms with Crippen molar-refractivity contribution in [1.29, 1.82) is 0 Å². The molecule has 138 valence electrons. The number of nitrogens with zero attached hydrogens (tertiary/aromatic N) is 1. The monoisotopic (exact) mass is 356 g/mol. The highest BCUT2D eigenvalue weighted by Gasteiger charge is 2.17. The number of hydrogen-bond acceptors (Lipinski definition) is 5. The van der Waals surface area contributed by atoms with Gasteiger partial charge in [0.2, 0.25) is 11.3 Å². The van der Waals surface area contributed by atoms with Gasteiger partial charge in [-0.15, -0.1) is 0 Å². The van der Waals surface area contributed by atoms with Gasteiger partial charge in [0.05, 0.1) is 24.9 Å². The van der Waals surface area contributed by atoms with Crippen LogP contribution in [0.25, 0.3) is 17.0 Å². The summed E-state index contributed by atoms with van der Waals surface area (Å²) in [7, 11) is 1.41. The number of anilines is 1. The fourth-order valence-corrected chi connectivity index (χ4v) is 3.35. The predicted octanol–water partition coefficient (Wildman–Crippen LogP) is 3.07. The molecule has 0 radical (unpaired) electrons. The highest BCUT2D eigenvalue weighted by molar-refractivity contribution is 5.99. The van der Waals surface area contributed by atoms with Gasteiger partial charge in [-0.2, -0.15) is 0 Å². The van der Waals surface area contributed by atoms with Crippen LogP contribution in [0.3, 0.4) is 0 Å². The van der Waals surface area contributed by atoms with Crippen LogP contribution < -0.4 is 10.5 Å². The molecule has 1 saturated heterocycles. The molecule has 1 aliphatic heterocycles. The van der Waals surface area contributed by atoms with Crippen LogP contribution in [0.4, 0.5) is 5.69 Å². The van der Waals surface area contributed by atoms with Crippen molar-refractivity contribution in [3.63, 3.8) is 0 Å². The Kier molecular flexibility index (Phi) is 5.61. The lowest BCUT2D eigenvalue weighted by Crippen LogP contribution is -2.29. The summed E-state index contributed by atoms with van der Waals surface area (Å²) >= 11 is 0. The van der Waals surface area contributed by atoms with Gasteiger partial charge in [0.15, 0.2) is 0 Å². The number of rotatable bonds is 5. The molecule has 1 aromatic heterocycles. The Morgan fingerprint density at radius 3 is 2.73 bits per heavy atom. The van der Waals surface area contributed by atoms with E-state index in [2.05, 4.69) is 9.88 Å². The topological polar surface area (TPSA) is 71.6 Å². The molecule has 0 aliphatic carbocycles. The number of ether oxygens (including phenoxy) is 2. The zero-order chi connectivity index (χ0) is 18.5. The lowest BCUT2D eigenvalue weighted by Gasteiger charge is -2.29. The molecule has 0 saturated carbocycles. The van der Waals surface area contributed by atoms with Gasteiger partial charge in [-0.05, 0) is 43.9 Å². The number of H-pyrrole nitrogens is 1. The Morgan fingerprint density at radius 2 is 2.04 bits per heavy atom. The highest BCUT2D eigenvalue weighted by atomic mass is 16.6. The van der Waals surface area contributed by atoms with Crippen LogP contribution >= 0.6 is 0 Å².